The van der Waals surface area contributed by atoms with Crippen molar-refractivity contribution in [1.82, 2.24) is 0 Å². The van der Waals surface area contributed by atoms with Crippen LogP contribution in [-0.4, -0.2) is 65.7 Å². The number of hydrogen-bond donors (Lipinski definition) is 3. The van der Waals surface area contributed by atoms with E-state index in [0.29, 0.717) is 12.8 Å². The van der Waals surface area contributed by atoms with E-state index in [2.05, 4.69) is 62.5 Å². The lowest BCUT2D eigenvalue weighted by atomic mass is 10.1. The van der Waals surface area contributed by atoms with Gasteiger partial charge in [-0.15, -0.1) is 0 Å². The first-order valence-corrected chi connectivity index (χ1v) is 25.1. The molecule has 0 aliphatic rings. The second-order valence-electron chi connectivity index (χ2n) is 15.8. The van der Waals surface area contributed by atoms with Gasteiger partial charge in [-0.3, -0.25) is 18.6 Å². The van der Waals surface area contributed by atoms with Crippen molar-refractivity contribution < 1.29 is 47.8 Å². The summed E-state index contributed by atoms with van der Waals surface area (Å²) in [6, 6.07) is 0. The number of rotatable bonds is 44. The van der Waals surface area contributed by atoms with Gasteiger partial charge in [0.25, 0.3) is 0 Å². The molecular weight excluding hydrogens is 767 g/mol. The molecule has 0 heterocycles. The molecule has 0 saturated heterocycles. The fourth-order valence-corrected chi connectivity index (χ4v) is 7.08. The monoisotopic (exact) mass is 855 g/mol. The zero-order valence-electron chi connectivity index (χ0n) is 37.5. The second kappa shape index (κ2) is 44.0. The van der Waals surface area contributed by atoms with Crippen molar-refractivity contribution in [3.8, 4) is 0 Å². The Kier molecular flexibility index (Phi) is 42.5. The summed E-state index contributed by atoms with van der Waals surface area (Å²) in [7, 11) is -4.63. The molecule has 0 radical (unpaired) electrons. The number of phosphoric acid groups is 1. The number of phosphoric ester groups is 1. The van der Waals surface area contributed by atoms with E-state index in [1.807, 2.05) is 0 Å². The topological polar surface area (TPSA) is 149 Å². The number of aliphatic hydroxyl groups excluding tert-OH is 2. The Balaban J connectivity index is 4.28. The highest BCUT2D eigenvalue weighted by Gasteiger charge is 2.27. The number of carbonyl (C=O) groups is 2. The number of esters is 2. The Bertz CT molecular complexity index is 1120. The molecule has 0 aliphatic heterocycles. The quantitative estimate of drug-likeness (QED) is 0.0234. The largest absolute Gasteiger partial charge is 0.472 e. The van der Waals surface area contributed by atoms with Crippen LogP contribution in [0.15, 0.2) is 48.6 Å². The predicted molar refractivity (Wildman–Crippen MR) is 242 cm³/mol. The van der Waals surface area contributed by atoms with Crippen LogP contribution in [0, 0.1) is 0 Å². The maximum absolute atomic E-state index is 12.6. The van der Waals surface area contributed by atoms with Crippen molar-refractivity contribution in [2.75, 3.05) is 26.4 Å². The lowest BCUT2D eigenvalue weighted by Gasteiger charge is -2.20. The van der Waals surface area contributed by atoms with Crippen molar-refractivity contribution in [3.63, 3.8) is 0 Å². The molecule has 0 rings (SSSR count). The molecule has 0 bridgehead atoms. The molecule has 0 saturated carbocycles. The van der Waals surface area contributed by atoms with E-state index in [1.165, 1.54) is 89.9 Å². The Morgan fingerprint density at radius 3 is 1.37 bits per heavy atom. The molecule has 3 atom stereocenters. The molecule has 0 aromatic rings. The number of hydrogen-bond acceptors (Lipinski definition) is 9. The van der Waals surface area contributed by atoms with E-state index in [-0.39, 0.29) is 19.4 Å². The normalized spacial score (nSPS) is 14.2. The standard InChI is InChI=1S/C48H87O10P/c1-3-5-7-9-11-13-15-17-19-21-22-24-26-28-30-32-34-36-38-40-48(52)58-46(44-57-59(53,54)56-42-45(50)41-49)43-55-47(51)39-37-35-33-31-29-27-25-23-20-18-16-14-12-10-8-6-4-2/h11,13,17-20,22,24,45-46,49-50H,3-10,12,14-16,21,23,25-44H2,1-2H3,(H,53,54)/b13-11-,19-17-,20-18-,24-22-. The highest BCUT2D eigenvalue weighted by Crippen LogP contribution is 2.43. The van der Waals surface area contributed by atoms with Crippen LogP contribution in [0.3, 0.4) is 0 Å². The van der Waals surface area contributed by atoms with Gasteiger partial charge in [0.2, 0.25) is 0 Å². The van der Waals surface area contributed by atoms with Crippen molar-refractivity contribution in [2.24, 2.45) is 0 Å². The van der Waals surface area contributed by atoms with E-state index in [9.17, 15) is 24.2 Å². The molecular formula is C48H87O10P. The lowest BCUT2D eigenvalue weighted by Crippen LogP contribution is -2.29. The molecule has 3 unspecified atom stereocenters. The number of allylic oxidation sites excluding steroid dienone is 8. The van der Waals surface area contributed by atoms with Crippen LogP contribution in [0.5, 0.6) is 0 Å². The fraction of sp³-hybridized carbons (Fsp3) is 0.792. The first-order valence-electron chi connectivity index (χ1n) is 23.6. The molecule has 0 amide bonds. The lowest BCUT2D eigenvalue weighted by molar-refractivity contribution is -0.161. The Morgan fingerprint density at radius 2 is 0.881 bits per heavy atom. The summed E-state index contributed by atoms with van der Waals surface area (Å²) >= 11 is 0. The van der Waals surface area contributed by atoms with Gasteiger partial charge in [0.15, 0.2) is 6.10 Å². The first-order chi connectivity index (χ1) is 28.7. The minimum atomic E-state index is -4.63. The van der Waals surface area contributed by atoms with Gasteiger partial charge in [0, 0.05) is 12.8 Å². The molecule has 10 nitrogen and oxygen atoms in total. The summed E-state index contributed by atoms with van der Waals surface area (Å²) in [6.07, 6.45) is 47.8. The van der Waals surface area contributed by atoms with E-state index in [0.717, 1.165) is 77.0 Å². The minimum Gasteiger partial charge on any atom is -0.462 e. The molecule has 344 valence electrons. The van der Waals surface area contributed by atoms with Gasteiger partial charge in [-0.05, 0) is 77.0 Å². The number of aliphatic hydroxyl groups is 2. The average molecular weight is 855 g/mol. The second-order valence-corrected chi connectivity index (χ2v) is 17.2. The third-order valence-corrected chi connectivity index (χ3v) is 10.9. The molecule has 0 spiro atoms. The van der Waals surface area contributed by atoms with Gasteiger partial charge >= 0.3 is 19.8 Å². The predicted octanol–water partition coefficient (Wildman–Crippen LogP) is 12.9. The van der Waals surface area contributed by atoms with Gasteiger partial charge in [-0.25, -0.2) is 4.57 Å². The van der Waals surface area contributed by atoms with Gasteiger partial charge < -0.3 is 24.6 Å². The number of carbonyl (C=O) groups excluding carboxylic acids is 2. The number of unbranched alkanes of at least 4 members (excludes halogenated alkanes) is 22. The fourth-order valence-electron chi connectivity index (χ4n) is 6.29. The summed E-state index contributed by atoms with van der Waals surface area (Å²) in [5, 5.41) is 18.4. The van der Waals surface area contributed by atoms with E-state index < -0.39 is 51.8 Å². The maximum Gasteiger partial charge on any atom is 0.472 e. The third-order valence-electron chi connectivity index (χ3n) is 9.96. The van der Waals surface area contributed by atoms with E-state index >= 15 is 0 Å². The Labute approximate surface area is 360 Å². The average Bonchev–Trinajstić information content (AvgIpc) is 3.22. The number of ether oxygens (including phenoxy) is 2. The molecule has 11 heteroatoms. The van der Waals surface area contributed by atoms with Crippen molar-refractivity contribution in [3.05, 3.63) is 48.6 Å². The summed E-state index contributed by atoms with van der Waals surface area (Å²) in [4.78, 5) is 35.1. The summed E-state index contributed by atoms with van der Waals surface area (Å²) in [5.74, 6) is -0.942. The van der Waals surface area contributed by atoms with E-state index in [1.54, 1.807) is 0 Å². The van der Waals surface area contributed by atoms with Crippen LogP contribution < -0.4 is 0 Å². The van der Waals surface area contributed by atoms with Crippen LogP contribution in [0.4, 0.5) is 0 Å². The zero-order valence-corrected chi connectivity index (χ0v) is 38.4. The van der Waals surface area contributed by atoms with Crippen LogP contribution in [0.25, 0.3) is 0 Å². The highest BCUT2D eigenvalue weighted by molar-refractivity contribution is 7.47. The molecule has 59 heavy (non-hydrogen) atoms. The summed E-state index contributed by atoms with van der Waals surface area (Å²) in [5.41, 5.74) is 0. The van der Waals surface area contributed by atoms with Crippen molar-refractivity contribution in [1.29, 1.82) is 0 Å². The van der Waals surface area contributed by atoms with Gasteiger partial charge in [-0.2, -0.15) is 0 Å². The van der Waals surface area contributed by atoms with Crippen molar-refractivity contribution >= 4 is 19.8 Å². The third kappa shape index (κ3) is 43.8. The SMILES string of the molecule is CCCCC/C=C\C/C=C\C/C=C\CCCCCCCCC(=O)OC(COC(=O)CCCCCCCCC/C=C\CCCCCCCC)COP(=O)(O)OCC(O)CO. The van der Waals surface area contributed by atoms with Crippen LogP contribution in [-0.2, 0) is 32.7 Å². The van der Waals surface area contributed by atoms with Crippen LogP contribution in [0.1, 0.15) is 206 Å². The molecule has 0 fully saturated rings. The smallest absolute Gasteiger partial charge is 0.462 e. The van der Waals surface area contributed by atoms with Gasteiger partial charge in [0.1, 0.15) is 12.7 Å². The first kappa shape index (κ1) is 56.9. The van der Waals surface area contributed by atoms with E-state index in [4.69, 9.17) is 23.6 Å². The summed E-state index contributed by atoms with van der Waals surface area (Å²) < 4.78 is 32.8. The van der Waals surface area contributed by atoms with Gasteiger partial charge in [-0.1, -0.05) is 165 Å². The highest BCUT2D eigenvalue weighted by atomic mass is 31.2. The zero-order chi connectivity index (χ0) is 43.3. The maximum atomic E-state index is 12.6. The summed E-state index contributed by atoms with van der Waals surface area (Å²) in [6.45, 7) is 2.34. The molecule has 0 aromatic carbocycles. The molecule has 0 aromatic heterocycles. The van der Waals surface area contributed by atoms with Crippen LogP contribution >= 0.6 is 7.82 Å². The molecule has 0 aliphatic carbocycles. The van der Waals surface area contributed by atoms with Crippen molar-refractivity contribution in [2.45, 2.75) is 219 Å². The Morgan fingerprint density at radius 1 is 0.508 bits per heavy atom. The minimum absolute atomic E-state index is 0.168. The molecule has 3 N–H and O–H groups in total. The Hall–Kier alpha value is -2.07. The van der Waals surface area contributed by atoms with Gasteiger partial charge in [0.05, 0.1) is 19.8 Å². The van der Waals surface area contributed by atoms with Crippen LogP contribution in [0.2, 0.25) is 0 Å².